The van der Waals surface area contributed by atoms with E-state index in [2.05, 4.69) is 4.98 Å². The summed E-state index contributed by atoms with van der Waals surface area (Å²) >= 11 is 0. The molecule has 0 unspecified atom stereocenters. The molecule has 9 heteroatoms. The lowest BCUT2D eigenvalue weighted by Gasteiger charge is -2.26. The molecule has 1 aliphatic rings. The third-order valence-corrected chi connectivity index (χ3v) is 6.02. The van der Waals surface area contributed by atoms with E-state index in [1.807, 2.05) is 6.07 Å². The molecule has 1 aliphatic heterocycles. The van der Waals surface area contributed by atoms with Crippen molar-refractivity contribution in [2.24, 2.45) is 0 Å². The average molecular weight is 393 g/mol. The van der Waals surface area contributed by atoms with Crippen molar-refractivity contribution >= 4 is 15.6 Å². The van der Waals surface area contributed by atoms with Gasteiger partial charge in [-0.25, -0.2) is 13.4 Å². The molecule has 2 heterocycles. The van der Waals surface area contributed by atoms with Crippen LogP contribution >= 0.6 is 0 Å². The molecule has 1 aromatic carbocycles. The Morgan fingerprint density at radius 3 is 2.52 bits per heavy atom. The quantitative estimate of drug-likeness (QED) is 0.801. The van der Waals surface area contributed by atoms with Gasteiger partial charge in [0.05, 0.1) is 16.2 Å². The largest absolute Gasteiger partial charge is 0.416 e. The van der Waals surface area contributed by atoms with Crippen LogP contribution in [0.2, 0.25) is 0 Å². The molecule has 0 amide bonds. The maximum atomic E-state index is 12.9. The number of alkyl halides is 3. The van der Waals surface area contributed by atoms with Crippen LogP contribution < -0.4 is 0 Å². The van der Waals surface area contributed by atoms with E-state index in [1.54, 1.807) is 24.3 Å². The van der Waals surface area contributed by atoms with Gasteiger partial charge in [-0.3, -0.25) is 0 Å². The first kappa shape index (κ1) is 19.1. The maximum absolute atomic E-state index is 12.9. The van der Waals surface area contributed by atoms with Gasteiger partial charge in [-0.2, -0.15) is 22.7 Å². The van der Waals surface area contributed by atoms with Crippen molar-refractivity contribution in [3.05, 3.63) is 65.5 Å². The lowest BCUT2D eigenvalue weighted by molar-refractivity contribution is -0.137. The molecule has 5 nitrogen and oxygen atoms in total. The summed E-state index contributed by atoms with van der Waals surface area (Å²) < 4.78 is 65.0. The Balaban J connectivity index is 1.84. The van der Waals surface area contributed by atoms with E-state index >= 15 is 0 Å². The van der Waals surface area contributed by atoms with Crippen LogP contribution in [-0.4, -0.2) is 30.8 Å². The zero-order chi connectivity index (χ0) is 19.7. The van der Waals surface area contributed by atoms with Crippen molar-refractivity contribution in [1.29, 1.82) is 5.26 Å². The van der Waals surface area contributed by atoms with Gasteiger partial charge in [-0.1, -0.05) is 18.2 Å². The van der Waals surface area contributed by atoms with Gasteiger partial charge in [0.2, 0.25) is 10.0 Å². The third-order valence-electron chi connectivity index (χ3n) is 4.16. The van der Waals surface area contributed by atoms with E-state index in [9.17, 15) is 21.6 Å². The van der Waals surface area contributed by atoms with Crippen LogP contribution in [0.1, 0.15) is 23.4 Å². The second-order valence-corrected chi connectivity index (χ2v) is 7.83. The van der Waals surface area contributed by atoms with Crippen molar-refractivity contribution in [2.45, 2.75) is 17.5 Å². The van der Waals surface area contributed by atoms with Crippen molar-refractivity contribution in [3.63, 3.8) is 0 Å². The van der Waals surface area contributed by atoms with Gasteiger partial charge in [-0.15, -0.1) is 0 Å². The van der Waals surface area contributed by atoms with Gasteiger partial charge >= 0.3 is 6.18 Å². The number of aromatic nitrogens is 1. The van der Waals surface area contributed by atoms with E-state index in [1.165, 1.54) is 0 Å². The van der Waals surface area contributed by atoms with E-state index in [4.69, 9.17) is 5.26 Å². The van der Waals surface area contributed by atoms with Gasteiger partial charge < -0.3 is 0 Å². The summed E-state index contributed by atoms with van der Waals surface area (Å²) in [5.41, 5.74) is 0.634. The highest BCUT2D eigenvalue weighted by molar-refractivity contribution is 7.89. The fraction of sp³-hybridized carbons (Fsp3) is 0.222. The molecular weight excluding hydrogens is 379 g/mol. The predicted molar refractivity (Wildman–Crippen MR) is 91.7 cm³/mol. The summed E-state index contributed by atoms with van der Waals surface area (Å²) in [6.45, 7) is 0.134. The van der Waals surface area contributed by atoms with E-state index in [-0.39, 0.29) is 18.8 Å². The molecule has 1 aromatic heterocycles. The molecule has 3 rings (SSSR count). The Kier molecular flexibility index (Phi) is 5.04. The molecule has 0 saturated heterocycles. The fourth-order valence-corrected chi connectivity index (χ4v) is 4.19. The molecule has 27 heavy (non-hydrogen) atoms. The number of pyridine rings is 1. The van der Waals surface area contributed by atoms with Crippen LogP contribution in [-0.2, 0) is 16.2 Å². The van der Waals surface area contributed by atoms with Crippen LogP contribution in [0.25, 0.3) is 5.57 Å². The Hall–Kier alpha value is -2.70. The number of benzene rings is 1. The average Bonchev–Trinajstić information content (AvgIpc) is 2.67. The second kappa shape index (κ2) is 7.13. The first-order valence-electron chi connectivity index (χ1n) is 7.96. The summed E-state index contributed by atoms with van der Waals surface area (Å²) in [6, 6.07) is 10.6. The number of hydrogen-bond donors (Lipinski definition) is 0. The zero-order valence-corrected chi connectivity index (χ0v) is 14.8. The molecule has 2 aromatic rings. The van der Waals surface area contributed by atoms with Gasteiger partial charge in [0.25, 0.3) is 0 Å². The Morgan fingerprint density at radius 1 is 1.15 bits per heavy atom. The van der Waals surface area contributed by atoms with Crippen LogP contribution in [0.5, 0.6) is 0 Å². The molecule has 0 spiro atoms. The van der Waals surface area contributed by atoms with Gasteiger partial charge in [0, 0.05) is 13.1 Å². The van der Waals surface area contributed by atoms with Gasteiger partial charge in [0.15, 0.2) is 0 Å². The minimum Gasteiger partial charge on any atom is -0.237 e. The van der Waals surface area contributed by atoms with E-state index in [0.29, 0.717) is 18.2 Å². The van der Waals surface area contributed by atoms with E-state index < -0.39 is 26.7 Å². The summed E-state index contributed by atoms with van der Waals surface area (Å²) in [4.78, 5) is 3.79. The van der Waals surface area contributed by atoms with E-state index in [0.717, 1.165) is 28.1 Å². The molecule has 0 bridgehead atoms. The van der Waals surface area contributed by atoms with Crippen LogP contribution in [0.15, 0.2) is 53.4 Å². The molecule has 0 atom stereocenters. The molecule has 140 valence electrons. The van der Waals surface area contributed by atoms with Crippen molar-refractivity contribution in [3.8, 4) is 6.07 Å². The maximum Gasteiger partial charge on any atom is 0.416 e. The highest BCUT2D eigenvalue weighted by Crippen LogP contribution is 2.32. The zero-order valence-electron chi connectivity index (χ0n) is 13.9. The summed E-state index contributed by atoms with van der Waals surface area (Å²) in [7, 11) is -4.05. The number of halogens is 3. The van der Waals surface area contributed by atoms with Gasteiger partial charge in [-0.05, 0) is 42.3 Å². The van der Waals surface area contributed by atoms with Crippen molar-refractivity contribution < 1.29 is 21.6 Å². The highest BCUT2D eigenvalue weighted by Gasteiger charge is 2.33. The number of sulfonamides is 1. The van der Waals surface area contributed by atoms with Crippen LogP contribution in [0, 0.1) is 11.3 Å². The first-order chi connectivity index (χ1) is 12.7. The Bertz CT molecular complexity index is 1040. The van der Waals surface area contributed by atoms with Gasteiger partial charge in [0.1, 0.15) is 11.8 Å². The Labute approximate surface area is 154 Å². The molecular formula is C18H14F3N3O2S. The number of nitriles is 1. The normalized spacial score (nSPS) is 15.9. The molecule has 0 saturated carbocycles. The predicted octanol–water partition coefficient (Wildman–Crippen LogP) is 3.45. The highest BCUT2D eigenvalue weighted by atomic mass is 32.2. The minimum atomic E-state index is -4.61. The third kappa shape index (κ3) is 4.02. The monoisotopic (exact) mass is 393 g/mol. The van der Waals surface area contributed by atoms with Crippen molar-refractivity contribution in [2.75, 3.05) is 13.1 Å². The molecule has 0 fully saturated rings. The molecule has 0 radical (unpaired) electrons. The van der Waals surface area contributed by atoms with Crippen LogP contribution in [0.3, 0.4) is 0 Å². The standard InChI is InChI=1S/C18H14F3N3O2S/c19-18(20,21)14-3-1-5-16(11-14)27(25,26)24-9-7-13(8-10-24)17-6-2-4-15(12-22)23-17/h1-7,11H,8-10H2. The second-order valence-electron chi connectivity index (χ2n) is 5.89. The summed E-state index contributed by atoms with van der Waals surface area (Å²) in [5, 5.41) is 8.92. The smallest absolute Gasteiger partial charge is 0.237 e. The molecule has 0 aliphatic carbocycles. The Morgan fingerprint density at radius 2 is 1.89 bits per heavy atom. The minimum absolute atomic E-state index is 0.0202. The lowest BCUT2D eigenvalue weighted by atomic mass is 10.1. The molecule has 0 N–H and O–H groups in total. The number of hydrogen-bond acceptors (Lipinski definition) is 4. The van der Waals surface area contributed by atoms with Crippen LogP contribution in [0.4, 0.5) is 13.2 Å². The topological polar surface area (TPSA) is 74.1 Å². The lowest BCUT2D eigenvalue weighted by Crippen LogP contribution is -2.34. The summed E-state index contributed by atoms with van der Waals surface area (Å²) in [5.74, 6) is 0. The SMILES string of the molecule is N#Cc1cccc(C2=CCN(S(=O)(=O)c3cccc(C(F)(F)F)c3)CC2)n1. The first-order valence-corrected chi connectivity index (χ1v) is 9.40. The fourth-order valence-electron chi connectivity index (χ4n) is 2.76. The number of rotatable bonds is 3. The summed E-state index contributed by atoms with van der Waals surface area (Å²) in [6.07, 6.45) is -2.60. The van der Waals surface area contributed by atoms with Crippen molar-refractivity contribution in [1.82, 2.24) is 9.29 Å². The number of nitrogens with zero attached hydrogens (tertiary/aromatic N) is 3.